The molecule has 1 aliphatic heterocycles. The quantitative estimate of drug-likeness (QED) is 0.715. The number of ether oxygens (including phenoxy) is 1. The lowest BCUT2D eigenvalue weighted by Gasteiger charge is -2.33. The standard InChI is InChI=1S/C15H28N2O3S.ClH/c18-21(19,11-12-4-5-12)9-7-17-14-3-1-2-13(14)15-10-20-8-6-16-15;/h12-17H,1-11H2;1H. The van der Waals surface area contributed by atoms with E-state index >= 15 is 0 Å². The molecule has 0 spiro atoms. The van der Waals surface area contributed by atoms with Gasteiger partial charge in [-0.25, -0.2) is 8.42 Å². The summed E-state index contributed by atoms with van der Waals surface area (Å²) in [4.78, 5) is 0. The molecule has 22 heavy (non-hydrogen) atoms. The van der Waals surface area contributed by atoms with Crippen molar-refractivity contribution in [3.63, 3.8) is 0 Å². The second-order valence-electron chi connectivity index (χ2n) is 6.85. The average Bonchev–Trinajstić information content (AvgIpc) is 3.14. The van der Waals surface area contributed by atoms with Crippen molar-refractivity contribution in [3.05, 3.63) is 0 Å². The van der Waals surface area contributed by atoms with Crippen LogP contribution in [0.1, 0.15) is 32.1 Å². The molecule has 0 amide bonds. The molecular weight excluding hydrogens is 324 g/mol. The topological polar surface area (TPSA) is 67.4 Å². The van der Waals surface area contributed by atoms with Gasteiger partial charge in [0.25, 0.3) is 0 Å². The Kier molecular flexibility index (Phi) is 6.95. The van der Waals surface area contributed by atoms with Gasteiger partial charge in [-0.1, -0.05) is 6.42 Å². The van der Waals surface area contributed by atoms with Gasteiger partial charge in [-0.3, -0.25) is 0 Å². The number of halogens is 1. The second-order valence-corrected chi connectivity index (χ2v) is 9.08. The third kappa shape index (κ3) is 5.34. The molecule has 0 aromatic heterocycles. The number of nitrogens with one attached hydrogen (secondary N) is 2. The number of hydrogen-bond acceptors (Lipinski definition) is 5. The highest BCUT2D eigenvalue weighted by Gasteiger charge is 2.34. The number of hydrogen-bond donors (Lipinski definition) is 2. The van der Waals surface area contributed by atoms with E-state index < -0.39 is 9.84 Å². The van der Waals surface area contributed by atoms with Crippen molar-refractivity contribution < 1.29 is 13.2 Å². The lowest BCUT2D eigenvalue weighted by molar-refractivity contribution is 0.0527. The molecule has 1 heterocycles. The van der Waals surface area contributed by atoms with Crippen molar-refractivity contribution in [1.29, 1.82) is 0 Å². The lowest BCUT2D eigenvalue weighted by atomic mass is 9.94. The highest BCUT2D eigenvalue weighted by Crippen LogP contribution is 2.31. The van der Waals surface area contributed by atoms with Gasteiger partial charge in [0.2, 0.25) is 0 Å². The molecule has 2 N–H and O–H groups in total. The average molecular weight is 353 g/mol. The van der Waals surface area contributed by atoms with Crippen molar-refractivity contribution in [3.8, 4) is 0 Å². The molecular formula is C15H29ClN2O3S. The van der Waals surface area contributed by atoms with Gasteiger partial charge < -0.3 is 15.4 Å². The summed E-state index contributed by atoms with van der Waals surface area (Å²) >= 11 is 0. The van der Waals surface area contributed by atoms with Crippen LogP contribution in [0.2, 0.25) is 0 Å². The number of sulfone groups is 1. The summed E-state index contributed by atoms with van der Waals surface area (Å²) in [6, 6.07) is 0.877. The zero-order chi connectivity index (χ0) is 14.7. The van der Waals surface area contributed by atoms with Crippen molar-refractivity contribution in [1.82, 2.24) is 10.6 Å². The zero-order valence-corrected chi connectivity index (χ0v) is 14.8. The summed E-state index contributed by atoms with van der Waals surface area (Å²) < 4.78 is 29.5. The minimum absolute atomic E-state index is 0. The molecule has 7 heteroatoms. The second kappa shape index (κ2) is 8.29. The van der Waals surface area contributed by atoms with Crippen molar-refractivity contribution in [2.24, 2.45) is 11.8 Å². The minimum Gasteiger partial charge on any atom is -0.379 e. The molecule has 0 bridgehead atoms. The van der Waals surface area contributed by atoms with E-state index in [-0.39, 0.29) is 12.4 Å². The fourth-order valence-corrected chi connectivity index (χ4v) is 5.36. The Bertz CT molecular complexity index is 436. The molecule has 3 unspecified atom stereocenters. The number of rotatable bonds is 7. The van der Waals surface area contributed by atoms with E-state index in [1.54, 1.807) is 0 Å². The van der Waals surface area contributed by atoms with Gasteiger partial charge in [-0.05, 0) is 37.5 Å². The van der Waals surface area contributed by atoms with Crippen LogP contribution in [-0.2, 0) is 14.6 Å². The van der Waals surface area contributed by atoms with Crippen LogP contribution in [0.3, 0.4) is 0 Å². The first-order chi connectivity index (χ1) is 10.1. The van der Waals surface area contributed by atoms with Crippen molar-refractivity contribution in [2.45, 2.75) is 44.2 Å². The van der Waals surface area contributed by atoms with Crippen molar-refractivity contribution in [2.75, 3.05) is 37.8 Å². The summed E-state index contributed by atoms with van der Waals surface area (Å²) in [7, 11) is -2.86. The summed E-state index contributed by atoms with van der Waals surface area (Å²) in [6.45, 7) is 3.14. The highest BCUT2D eigenvalue weighted by atomic mass is 35.5. The lowest BCUT2D eigenvalue weighted by Crippen LogP contribution is -2.51. The third-order valence-electron chi connectivity index (χ3n) is 5.04. The Hall–Kier alpha value is 0.120. The Balaban J connectivity index is 0.00000176. The molecule has 1 saturated heterocycles. The minimum atomic E-state index is -2.86. The van der Waals surface area contributed by atoms with Gasteiger partial charge in [0.15, 0.2) is 9.84 Å². The molecule has 3 aliphatic rings. The smallest absolute Gasteiger partial charge is 0.151 e. The maximum absolute atomic E-state index is 12.0. The maximum atomic E-state index is 12.0. The fourth-order valence-electron chi connectivity index (χ4n) is 3.71. The molecule has 0 aromatic rings. The van der Waals surface area contributed by atoms with Crippen LogP contribution in [-0.4, -0.2) is 58.3 Å². The molecule has 130 valence electrons. The monoisotopic (exact) mass is 352 g/mol. The summed E-state index contributed by atoms with van der Waals surface area (Å²) in [6.07, 6.45) is 5.81. The maximum Gasteiger partial charge on any atom is 0.151 e. The summed E-state index contributed by atoms with van der Waals surface area (Å²) in [5.41, 5.74) is 0. The van der Waals surface area contributed by atoms with E-state index in [4.69, 9.17) is 4.74 Å². The largest absolute Gasteiger partial charge is 0.379 e. The first-order valence-electron chi connectivity index (χ1n) is 8.39. The summed E-state index contributed by atoms with van der Waals surface area (Å²) in [5.74, 6) is 1.73. The predicted molar refractivity (Wildman–Crippen MR) is 90.4 cm³/mol. The Morgan fingerprint density at radius 3 is 2.68 bits per heavy atom. The van der Waals surface area contributed by atoms with Gasteiger partial charge in [0.1, 0.15) is 0 Å². The summed E-state index contributed by atoms with van der Waals surface area (Å²) in [5, 5.41) is 7.05. The van der Waals surface area contributed by atoms with E-state index in [2.05, 4.69) is 10.6 Å². The van der Waals surface area contributed by atoms with E-state index in [0.29, 0.717) is 42.0 Å². The van der Waals surface area contributed by atoms with Crippen LogP contribution in [0.15, 0.2) is 0 Å². The van der Waals surface area contributed by atoms with Gasteiger partial charge in [0, 0.05) is 25.2 Å². The molecule has 5 nitrogen and oxygen atoms in total. The first-order valence-corrected chi connectivity index (χ1v) is 10.2. The van der Waals surface area contributed by atoms with Crippen LogP contribution in [0.25, 0.3) is 0 Å². The first kappa shape index (κ1) is 18.5. The molecule has 3 rings (SSSR count). The molecule has 2 saturated carbocycles. The van der Waals surface area contributed by atoms with Crippen LogP contribution < -0.4 is 10.6 Å². The van der Waals surface area contributed by atoms with Crippen LogP contribution in [0.5, 0.6) is 0 Å². The molecule has 2 aliphatic carbocycles. The van der Waals surface area contributed by atoms with Gasteiger partial charge >= 0.3 is 0 Å². The van der Waals surface area contributed by atoms with Gasteiger partial charge in [-0.2, -0.15) is 0 Å². The molecule has 0 aromatic carbocycles. The van der Waals surface area contributed by atoms with E-state index in [1.165, 1.54) is 12.8 Å². The van der Waals surface area contributed by atoms with E-state index in [9.17, 15) is 8.42 Å². The normalized spacial score (nSPS) is 32.6. The fraction of sp³-hybridized carbons (Fsp3) is 1.00. The van der Waals surface area contributed by atoms with Crippen molar-refractivity contribution >= 4 is 22.2 Å². The van der Waals surface area contributed by atoms with Gasteiger partial charge in [0.05, 0.1) is 24.7 Å². The predicted octanol–water partition coefficient (Wildman–Crippen LogP) is 0.980. The Labute approximate surface area is 140 Å². The Morgan fingerprint density at radius 2 is 2.00 bits per heavy atom. The van der Waals surface area contributed by atoms with Crippen LogP contribution >= 0.6 is 12.4 Å². The van der Waals surface area contributed by atoms with Crippen LogP contribution in [0, 0.1) is 11.8 Å². The molecule has 0 radical (unpaired) electrons. The van der Waals surface area contributed by atoms with Gasteiger partial charge in [-0.15, -0.1) is 12.4 Å². The Morgan fingerprint density at radius 1 is 1.18 bits per heavy atom. The zero-order valence-electron chi connectivity index (χ0n) is 13.1. The van der Waals surface area contributed by atoms with Crippen LogP contribution in [0.4, 0.5) is 0 Å². The molecule has 3 fully saturated rings. The third-order valence-corrected chi connectivity index (χ3v) is 6.85. The van der Waals surface area contributed by atoms with E-state index in [1.807, 2.05) is 0 Å². The molecule has 3 atom stereocenters. The number of morpholine rings is 1. The highest BCUT2D eigenvalue weighted by molar-refractivity contribution is 7.91. The SMILES string of the molecule is Cl.O=S(=O)(CCNC1CCCC1C1COCCN1)CC1CC1. The van der Waals surface area contributed by atoms with E-state index in [0.717, 1.165) is 39.0 Å².